The minimum absolute atomic E-state index is 0.00142. The number of pyridine rings is 1. The number of aryl methyl sites for hydroxylation is 1. The van der Waals surface area contributed by atoms with Gasteiger partial charge in [0.25, 0.3) is 5.91 Å². The van der Waals surface area contributed by atoms with E-state index >= 15 is 0 Å². The van der Waals surface area contributed by atoms with Crippen LogP contribution in [-0.2, 0) is 22.0 Å². The molecule has 6 nitrogen and oxygen atoms in total. The van der Waals surface area contributed by atoms with Gasteiger partial charge >= 0.3 is 0 Å². The highest BCUT2D eigenvalue weighted by molar-refractivity contribution is 7.90. The molecular weight excluding hydrogens is 482 g/mol. The van der Waals surface area contributed by atoms with Crippen molar-refractivity contribution < 1.29 is 13.2 Å². The second-order valence-corrected chi connectivity index (χ2v) is 11.6. The third-order valence-corrected chi connectivity index (χ3v) is 8.78. The molecule has 4 aromatic rings. The number of piperazine rings is 1. The number of para-hydroxylation sites is 1. The Morgan fingerprint density at radius 2 is 1.65 bits per heavy atom. The number of carbonyl (C=O) groups is 1. The standard InChI is InChI=1S/C30H31N3O3S/c1-23-21-26(30(34)33-19-17-32(18-20-33)16-14-24-7-3-2-4-8-24)12-13-27(23)22-37(35,36)28-11-5-9-25-10-6-15-31-29(25)28/h2-13,15,21H,14,16-20,22H2,1H3. The maximum absolute atomic E-state index is 13.3. The lowest BCUT2D eigenvalue weighted by atomic mass is 10.1. The van der Waals surface area contributed by atoms with E-state index in [1.807, 2.05) is 36.1 Å². The van der Waals surface area contributed by atoms with Gasteiger partial charge in [0.2, 0.25) is 0 Å². The van der Waals surface area contributed by atoms with Gasteiger partial charge in [-0.05, 0) is 54.3 Å². The van der Waals surface area contributed by atoms with E-state index in [1.54, 1.807) is 36.5 Å². The maximum Gasteiger partial charge on any atom is 0.253 e. The number of aromatic nitrogens is 1. The quantitative estimate of drug-likeness (QED) is 0.364. The molecule has 1 aliphatic heterocycles. The van der Waals surface area contributed by atoms with E-state index in [-0.39, 0.29) is 16.6 Å². The van der Waals surface area contributed by atoms with Crippen molar-refractivity contribution in [1.82, 2.24) is 14.8 Å². The lowest BCUT2D eigenvalue weighted by Gasteiger charge is -2.35. The van der Waals surface area contributed by atoms with Crippen LogP contribution < -0.4 is 0 Å². The van der Waals surface area contributed by atoms with Crippen molar-refractivity contribution in [3.8, 4) is 0 Å². The highest BCUT2D eigenvalue weighted by Crippen LogP contribution is 2.26. The predicted octanol–water partition coefficient (Wildman–Crippen LogP) is 4.52. The van der Waals surface area contributed by atoms with E-state index in [4.69, 9.17) is 0 Å². The minimum atomic E-state index is -3.61. The normalized spacial score (nSPS) is 14.7. The molecule has 3 aromatic carbocycles. The van der Waals surface area contributed by atoms with E-state index < -0.39 is 9.84 Å². The van der Waals surface area contributed by atoms with Crippen LogP contribution in [0.4, 0.5) is 0 Å². The number of nitrogens with zero attached hydrogens (tertiary/aromatic N) is 3. The summed E-state index contributed by atoms with van der Waals surface area (Å²) in [7, 11) is -3.61. The van der Waals surface area contributed by atoms with Gasteiger partial charge in [-0.15, -0.1) is 0 Å². The van der Waals surface area contributed by atoms with E-state index in [1.165, 1.54) is 5.56 Å². The monoisotopic (exact) mass is 513 g/mol. The Hall–Kier alpha value is -3.55. The molecule has 2 heterocycles. The lowest BCUT2D eigenvalue weighted by molar-refractivity contribution is 0.0638. The average molecular weight is 514 g/mol. The number of carbonyl (C=O) groups excluding carboxylic acids is 1. The van der Waals surface area contributed by atoms with Gasteiger partial charge in [0.15, 0.2) is 9.84 Å². The SMILES string of the molecule is Cc1cc(C(=O)N2CCN(CCc3ccccc3)CC2)ccc1CS(=O)(=O)c1cccc2cccnc12. The summed E-state index contributed by atoms with van der Waals surface area (Å²) in [5.74, 6) is -0.137. The Morgan fingerprint density at radius 3 is 2.41 bits per heavy atom. The third kappa shape index (κ3) is 5.73. The van der Waals surface area contributed by atoms with Gasteiger partial charge in [-0.2, -0.15) is 0 Å². The average Bonchev–Trinajstić information content (AvgIpc) is 2.93. The number of hydrogen-bond acceptors (Lipinski definition) is 5. The first-order valence-electron chi connectivity index (χ1n) is 12.6. The predicted molar refractivity (Wildman–Crippen MR) is 146 cm³/mol. The highest BCUT2D eigenvalue weighted by Gasteiger charge is 2.24. The van der Waals surface area contributed by atoms with Crippen LogP contribution in [0.15, 0.2) is 90.0 Å². The van der Waals surface area contributed by atoms with Crippen molar-refractivity contribution in [2.24, 2.45) is 0 Å². The number of hydrogen-bond donors (Lipinski definition) is 0. The van der Waals surface area contributed by atoms with Crippen LogP contribution in [0, 0.1) is 6.92 Å². The first kappa shape index (κ1) is 25.1. The van der Waals surface area contributed by atoms with Crippen molar-refractivity contribution in [3.05, 3.63) is 107 Å². The number of benzene rings is 3. The maximum atomic E-state index is 13.3. The molecule has 0 aliphatic carbocycles. The van der Waals surface area contributed by atoms with Gasteiger partial charge in [0, 0.05) is 49.9 Å². The fourth-order valence-corrected chi connectivity index (χ4v) is 6.53. The molecule has 0 unspecified atom stereocenters. The largest absolute Gasteiger partial charge is 0.336 e. The second-order valence-electron chi connectivity index (χ2n) is 9.60. The van der Waals surface area contributed by atoms with Crippen LogP contribution in [0.3, 0.4) is 0 Å². The van der Waals surface area contributed by atoms with Crippen LogP contribution >= 0.6 is 0 Å². The molecule has 0 radical (unpaired) electrons. The first-order valence-corrected chi connectivity index (χ1v) is 14.3. The molecule has 0 N–H and O–H groups in total. The Labute approximate surface area is 218 Å². The molecule has 1 amide bonds. The van der Waals surface area contributed by atoms with Gasteiger partial charge < -0.3 is 4.90 Å². The molecule has 190 valence electrons. The molecule has 37 heavy (non-hydrogen) atoms. The number of fused-ring (bicyclic) bond motifs is 1. The smallest absolute Gasteiger partial charge is 0.253 e. The summed E-state index contributed by atoms with van der Waals surface area (Å²) in [6, 6.07) is 24.7. The van der Waals surface area contributed by atoms with E-state index in [2.05, 4.69) is 34.1 Å². The van der Waals surface area contributed by atoms with Crippen LogP contribution in [0.5, 0.6) is 0 Å². The summed E-state index contributed by atoms with van der Waals surface area (Å²) in [5, 5.41) is 0.793. The van der Waals surface area contributed by atoms with Gasteiger partial charge in [-0.3, -0.25) is 14.7 Å². The molecule has 1 fully saturated rings. The highest BCUT2D eigenvalue weighted by atomic mass is 32.2. The first-order chi connectivity index (χ1) is 17.9. The second kappa shape index (κ2) is 10.8. The number of sulfone groups is 1. The molecule has 1 aromatic heterocycles. The minimum Gasteiger partial charge on any atom is -0.336 e. The van der Waals surface area contributed by atoms with Crippen LogP contribution in [-0.4, -0.2) is 61.8 Å². The molecule has 1 saturated heterocycles. The van der Waals surface area contributed by atoms with Crippen molar-refractivity contribution in [2.45, 2.75) is 24.0 Å². The van der Waals surface area contributed by atoms with Gasteiger partial charge in [0.05, 0.1) is 16.2 Å². The lowest BCUT2D eigenvalue weighted by Crippen LogP contribution is -2.49. The molecule has 0 spiro atoms. The zero-order valence-corrected chi connectivity index (χ0v) is 21.8. The van der Waals surface area contributed by atoms with Gasteiger partial charge in [0.1, 0.15) is 0 Å². The van der Waals surface area contributed by atoms with E-state index in [0.717, 1.165) is 37.0 Å². The summed E-state index contributed by atoms with van der Waals surface area (Å²) >= 11 is 0. The van der Waals surface area contributed by atoms with Gasteiger partial charge in [-0.1, -0.05) is 54.6 Å². The Bertz CT molecular complexity index is 1510. The third-order valence-electron chi connectivity index (χ3n) is 7.08. The molecule has 7 heteroatoms. The summed E-state index contributed by atoms with van der Waals surface area (Å²) in [5.41, 5.74) is 3.90. The molecule has 0 atom stereocenters. The zero-order valence-electron chi connectivity index (χ0n) is 21.0. The molecule has 5 rings (SSSR count). The van der Waals surface area contributed by atoms with Crippen molar-refractivity contribution >= 4 is 26.6 Å². The van der Waals surface area contributed by atoms with E-state index in [0.29, 0.717) is 29.7 Å². The number of amides is 1. The van der Waals surface area contributed by atoms with Crippen molar-refractivity contribution in [1.29, 1.82) is 0 Å². The van der Waals surface area contributed by atoms with Gasteiger partial charge in [-0.25, -0.2) is 8.42 Å². The topological polar surface area (TPSA) is 70.6 Å². The van der Waals surface area contributed by atoms with Crippen LogP contribution in [0.1, 0.15) is 27.0 Å². The Kier molecular flexibility index (Phi) is 7.35. The van der Waals surface area contributed by atoms with E-state index in [9.17, 15) is 13.2 Å². The number of rotatable bonds is 7. The summed E-state index contributed by atoms with van der Waals surface area (Å²) in [4.78, 5) is 22.0. The van der Waals surface area contributed by atoms with Crippen molar-refractivity contribution in [3.63, 3.8) is 0 Å². The summed E-state index contributed by atoms with van der Waals surface area (Å²) < 4.78 is 26.6. The molecule has 1 aliphatic rings. The fourth-order valence-electron chi connectivity index (χ4n) is 4.89. The summed E-state index contributed by atoms with van der Waals surface area (Å²) in [6.45, 7) is 5.94. The molecule has 0 bridgehead atoms. The van der Waals surface area contributed by atoms with Crippen LogP contribution in [0.2, 0.25) is 0 Å². The fraction of sp³-hybridized carbons (Fsp3) is 0.267. The summed E-state index contributed by atoms with van der Waals surface area (Å²) in [6.07, 6.45) is 2.61. The molecule has 0 saturated carbocycles. The Morgan fingerprint density at radius 1 is 0.892 bits per heavy atom. The van der Waals surface area contributed by atoms with Crippen LogP contribution in [0.25, 0.3) is 10.9 Å². The Balaban J connectivity index is 1.22. The zero-order chi connectivity index (χ0) is 25.8. The molecular formula is C30H31N3O3S. The van der Waals surface area contributed by atoms with Crippen molar-refractivity contribution in [2.75, 3.05) is 32.7 Å².